The smallest absolute Gasteiger partial charge is 0.0743 e. The van der Waals surface area contributed by atoms with Gasteiger partial charge in [0.25, 0.3) is 0 Å². The topological polar surface area (TPSA) is 38.5 Å². The summed E-state index contributed by atoms with van der Waals surface area (Å²) in [6, 6.07) is 0.460. The highest BCUT2D eigenvalue weighted by Crippen LogP contribution is 2.28. The van der Waals surface area contributed by atoms with Gasteiger partial charge in [0.2, 0.25) is 0 Å². The highest BCUT2D eigenvalue weighted by Gasteiger charge is 2.21. The van der Waals surface area contributed by atoms with Crippen LogP contribution in [0.1, 0.15) is 32.6 Å². The van der Waals surface area contributed by atoms with Gasteiger partial charge in [-0.3, -0.25) is 0 Å². The molecule has 0 radical (unpaired) electrons. The van der Waals surface area contributed by atoms with Gasteiger partial charge in [-0.1, -0.05) is 19.1 Å². The maximum Gasteiger partial charge on any atom is 0.0743 e. The van der Waals surface area contributed by atoms with Gasteiger partial charge in [0.05, 0.1) is 11.6 Å². The molecule has 4 heteroatoms. The Bertz CT molecular complexity index is 219. The number of nitrogens with zero attached hydrogens (tertiary/aromatic N) is 1. The molecule has 16 heavy (non-hydrogen) atoms. The van der Waals surface area contributed by atoms with Crippen LogP contribution in [0.2, 0.25) is 0 Å². The van der Waals surface area contributed by atoms with Crippen LogP contribution in [0.15, 0.2) is 0 Å². The summed E-state index contributed by atoms with van der Waals surface area (Å²) < 4.78 is 5.62. The van der Waals surface area contributed by atoms with Crippen LogP contribution in [-0.4, -0.2) is 42.7 Å². The molecule has 0 aromatic rings. The summed E-state index contributed by atoms with van der Waals surface area (Å²) >= 11 is 4.96. The molecule has 94 valence electrons. The minimum absolute atomic E-state index is 0.460. The van der Waals surface area contributed by atoms with Gasteiger partial charge in [0.15, 0.2) is 0 Å². The number of rotatable bonds is 9. The Morgan fingerprint density at radius 1 is 1.56 bits per heavy atom. The minimum atomic E-state index is 0.460. The molecule has 0 aromatic carbocycles. The molecule has 1 atom stereocenters. The maximum absolute atomic E-state index is 5.62. The Balaban J connectivity index is 2.09. The Kier molecular flexibility index (Phi) is 6.24. The third-order valence-electron chi connectivity index (χ3n) is 3.17. The van der Waals surface area contributed by atoms with Crippen molar-refractivity contribution in [2.24, 2.45) is 11.7 Å². The molecule has 0 spiro atoms. The van der Waals surface area contributed by atoms with Crippen LogP contribution in [0.25, 0.3) is 0 Å². The van der Waals surface area contributed by atoms with Crippen molar-refractivity contribution in [3.63, 3.8) is 0 Å². The minimum Gasteiger partial charge on any atom is -0.393 e. The van der Waals surface area contributed by atoms with Crippen LogP contribution in [0, 0.1) is 5.92 Å². The molecular formula is C12H24N2OS. The summed E-state index contributed by atoms with van der Waals surface area (Å²) in [6.07, 6.45) is 4.60. The van der Waals surface area contributed by atoms with E-state index in [9.17, 15) is 0 Å². The Morgan fingerprint density at radius 2 is 2.25 bits per heavy atom. The van der Waals surface area contributed by atoms with Crippen molar-refractivity contribution in [3.05, 3.63) is 0 Å². The number of ether oxygens (including phenoxy) is 1. The first kappa shape index (κ1) is 13.9. The Labute approximate surface area is 104 Å². The van der Waals surface area contributed by atoms with Crippen molar-refractivity contribution in [1.82, 2.24) is 4.90 Å². The standard InChI is InChI=1S/C12H24N2OS/c1-3-11(8-12(13)16)14(2)6-7-15-9-10-4-5-10/h10-11H,3-9H2,1-2H3,(H2,13,16). The second kappa shape index (κ2) is 7.20. The molecule has 0 heterocycles. The second-order valence-corrected chi connectivity index (χ2v) is 5.26. The van der Waals surface area contributed by atoms with E-state index in [2.05, 4.69) is 18.9 Å². The number of hydrogen-bond donors (Lipinski definition) is 1. The lowest BCUT2D eigenvalue weighted by Gasteiger charge is -2.26. The summed E-state index contributed by atoms with van der Waals surface area (Å²) in [5.41, 5.74) is 5.58. The van der Waals surface area contributed by atoms with E-state index < -0.39 is 0 Å². The average molecular weight is 244 g/mol. The molecule has 1 saturated carbocycles. The summed E-state index contributed by atoms with van der Waals surface area (Å²) in [4.78, 5) is 2.91. The van der Waals surface area contributed by atoms with Gasteiger partial charge in [-0.15, -0.1) is 0 Å². The van der Waals surface area contributed by atoms with Crippen LogP contribution < -0.4 is 5.73 Å². The summed E-state index contributed by atoms with van der Waals surface area (Å²) in [5.74, 6) is 0.851. The molecule has 1 rings (SSSR count). The quantitative estimate of drug-likeness (QED) is 0.496. The first-order valence-electron chi connectivity index (χ1n) is 6.19. The van der Waals surface area contributed by atoms with Crippen LogP contribution in [0.4, 0.5) is 0 Å². The highest BCUT2D eigenvalue weighted by atomic mass is 32.1. The molecule has 0 aliphatic heterocycles. The van der Waals surface area contributed by atoms with Crippen molar-refractivity contribution in [2.45, 2.75) is 38.6 Å². The number of hydrogen-bond acceptors (Lipinski definition) is 3. The van der Waals surface area contributed by atoms with Crippen LogP contribution >= 0.6 is 12.2 Å². The summed E-state index contributed by atoms with van der Waals surface area (Å²) in [5, 5.41) is 0. The first-order chi connectivity index (χ1) is 7.63. The zero-order valence-electron chi connectivity index (χ0n) is 10.4. The summed E-state index contributed by atoms with van der Waals surface area (Å²) in [6.45, 7) is 4.90. The number of thiocarbonyl (C=S) groups is 1. The van der Waals surface area contributed by atoms with Crippen molar-refractivity contribution in [1.29, 1.82) is 0 Å². The van der Waals surface area contributed by atoms with Crippen LogP contribution in [0.3, 0.4) is 0 Å². The molecule has 0 amide bonds. The highest BCUT2D eigenvalue weighted by molar-refractivity contribution is 7.80. The van der Waals surface area contributed by atoms with E-state index in [1.54, 1.807) is 0 Å². The van der Waals surface area contributed by atoms with Gasteiger partial charge in [-0.05, 0) is 32.2 Å². The molecule has 1 aliphatic carbocycles. The van der Waals surface area contributed by atoms with Crippen molar-refractivity contribution < 1.29 is 4.74 Å². The normalized spacial score (nSPS) is 17.7. The van der Waals surface area contributed by atoms with Gasteiger partial charge in [0.1, 0.15) is 0 Å². The molecule has 0 aromatic heterocycles. The third-order valence-corrected chi connectivity index (χ3v) is 3.34. The van der Waals surface area contributed by atoms with E-state index >= 15 is 0 Å². The molecule has 3 nitrogen and oxygen atoms in total. The van der Waals surface area contributed by atoms with E-state index in [-0.39, 0.29) is 0 Å². The molecule has 1 unspecified atom stereocenters. The van der Waals surface area contributed by atoms with E-state index in [1.165, 1.54) is 12.8 Å². The lowest BCUT2D eigenvalue weighted by molar-refractivity contribution is 0.0915. The maximum atomic E-state index is 5.62. The molecule has 0 saturated heterocycles. The first-order valence-corrected chi connectivity index (χ1v) is 6.60. The van der Waals surface area contributed by atoms with E-state index in [1.807, 2.05) is 0 Å². The molecule has 1 fully saturated rings. The fraction of sp³-hybridized carbons (Fsp3) is 0.917. The van der Waals surface area contributed by atoms with E-state index in [0.717, 1.165) is 38.5 Å². The van der Waals surface area contributed by atoms with Gasteiger partial charge in [-0.2, -0.15) is 0 Å². The van der Waals surface area contributed by atoms with E-state index in [0.29, 0.717) is 11.0 Å². The van der Waals surface area contributed by atoms with Crippen molar-refractivity contribution in [2.75, 3.05) is 26.8 Å². The largest absolute Gasteiger partial charge is 0.393 e. The van der Waals surface area contributed by atoms with Crippen LogP contribution in [-0.2, 0) is 4.74 Å². The third kappa shape index (κ3) is 5.77. The Hall–Kier alpha value is -0.190. The molecular weight excluding hydrogens is 220 g/mol. The lowest BCUT2D eigenvalue weighted by Crippen LogP contribution is -2.36. The monoisotopic (exact) mass is 244 g/mol. The predicted molar refractivity (Wildman–Crippen MR) is 71.7 cm³/mol. The molecule has 0 bridgehead atoms. The van der Waals surface area contributed by atoms with Gasteiger partial charge in [-0.25, -0.2) is 0 Å². The van der Waals surface area contributed by atoms with Crippen molar-refractivity contribution in [3.8, 4) is 0 Å². The average Bonchev–Trinajstić information content (AvgIpc) is 3.04. The second-order valence-electron chi connectivity index (χ2n) is 4.73. The number of likely N-dealkylation sites (N-methyl/N-ethyl adjacent to an activating group) is 1. The van der Waals surface area contributed by atoms with Gasteiger partial charge >= 0.3 is 0 Å². The van der Waals surface area contributed by atoms with Crippen LogP contribution in [0.5, 0.6) is 0 Å². The van der Waals surface area contributed by atoms with Gasteiger partial charge in [0, 0.05) is 25.6 Å². The zero-order chi connectivity index (χ0) is 12.0. The van der Waals surface area contributed by atoms with Gasteiger partial charge < -0.3 is 15.4 Å². The zero-order valence-corrected chi connectivity index (χ0v) is 11.3. The van der Waals surface area contributed by atoms with Crippen molar-refractivity contribution >= 4 is 17.2 Å². The lowest BCUT2D eigenvalue weighted by atomic mass is 10.1. The number of nitrogens with two attached hydrogens (primary N) is 1. The Morgan fingerprint density at radius 3 is 2.75 bits per heavy atom. The SMILES string of the molecule is CCC(CC(N)=S)N(C)CCOCC1CC1. The molecule has 1 aliphatic rings. The fourth-order valence-electron chi connectivity index (χ4n) is 1.77. The predicted octanol–water partition coefficient (Wildman–Crippen LogP) is 1.80. The molecule has 2 N–H and O–H groups in total. The van der Waals surface area contributed by atoms with E-state index in [4.69, 9.17) is 22.7 Å². The fourth-order valence-corrected chi connectivity index (χ4v) is 1.96. The summed E-state index contributed by atoms with van der Waals surface area (Å²) in [7, 11) is 2.12.